The molecule has 1 saturated heterocycles. The quantitative estimate of drug-likeness (QED) is 0.847. The topological polar surface area (TPSA) is 67.8 Å². The van der Waals surface area contributed by atoms with Gasteiger partial charge in [-0.25, -0.2) is 0 Å². The molecule has 0 amide bonds. The Balaban J connectivity index is 1.61. The van der Waals surface area contributed by atoms with Crippen LogP contribution in [0.5, 0.6) is 5.75 Å². The molecule has 0 spiro atoms. The zero-order chi connectivity index (χ0) is 16.2. The third-order valence-corrected chi connectivity index (χ3v) is 4.36. The van der Waals surface area contributed by atoms with Gasteiger partial charge in [-0.05, 0) is 29.8 Å². The first kappa shape index (κ1) is 15.5. The monoisotopic (exact) mass is 312 g/mol. The van der Waals surface area contributed by atoms with Crippen molar-refractivity contribution in [3.8, 4) is 5.75 Å². The fraction of sp³-hybridized carbons (Fsp3) is 0.333. The van der Waals surface area contributed by atoms with Gasteiger partial charge in [0.1, 0.15) is 5.75 Å². The van der Waals surface area contributed by atoms with Crippen LogP contribution in [0.25, 0.3) is 0 Å². The van der Waals surface area contributed by atoms with Crippen LogP contribution in [0.15, 0.2) is 42.5 Å². The van der Waals surface area contributed by atoms with E-state index in [0.29, 0.717) is 11.4 Å². The van der Waals surface area contributed by atoms with Crippen molar-refractivity contribution in [2.45, 2.75) is 6.54 Å². The third kappa shape index (κ3) is 3.51. The number of hydrogen-bond acceptors (Lipinski definition) is 5. The number of para-hydroxylation sites is 2. The Labute approximate surface area is 137 Å². The number of rotatable bonds is 4. The molecule has 3 rings (SSSR count). The summed E-state index contributed by atoms with van der Waals surface area (Å²) < 4.78 is 5.46. The van der Waals surface area contributed by atoms with E-state index >= 15 is 0 Å². The first-order valence-corrected chi connectivity index (χ1v) is 7.91. The van der Waals surface area contributed by atoms with Crippen LogP contribution in [-0.2, 0) is 6.54 Å². The number of hydrogen-bond donors (Lipinski definition) is 2. The fourth-order valence-electron chi connectivity index (χ4n) is 3.02. The number of nitrogens with two attached hydrogens (primary N) is 2. The third-order valence-electron chi connectivity index (χ3n) is 4.36. The van der Waals surface area contributed by atoms with Crippen molar-refractivity contribution < 1.29 is 4.74 Å². The van der Waals surface area contributed by atoms with Gasteiger partial charge in [0.15, 0.2) is 0 Å². The van der Waals surface area contributed by atoms with Crippen molar-refractivity contribution in [2.75, 3.05) is 49.7 Å². The van der Waals surface area contributed by atoms with Gasteiger partial charge in [-0.1, -0.05) is 18.2 Å². The molecule has 1 heterocycles. The molecule has 0 aliphatic carbocycles. The molecule has 2 aromatic rings. The Bertz CT molecular complexity index is 666. The molecule has 0 saturated carbocycles. The Kier molecular flexibility index (Phi) is 4.57. The predicted molar refractivity (Wildman–Crippen MR) is 95.8 cm³/mol. The molecule has 1 fully saturated rings. The summed E-state index contributed by atoms with van der Waals surface area (Å²) in [6, 6.07) is 14.1. The van der Waals surface area contributed by atoms with E-state index in [1.165, 1.54) is 11.3 Å². The number of nitrogens with zero attached hydrogens (tertiary/aromatic N) is 2. The predicted octanol–water partition coefficient (Wildman–Crippen LogP) is 2.18. The normalized spacial score (nSPS) is 15.6. The molecule has 0 radical (unpaired) electrons. The van der Waals surface area contributed by atoms with Crippen molar-refractivity contribution in [2.24, 2.45) is 0 Å². The van der Waals surface area contributed by atoms with Gasteiger partial charge in [0.25, 0.3) is 0 Å². The summed E-state index contributed by atoms with van der Waals surface area (Å²) in [4.78, 5) is 4.82. The number of nitrogen functional groups attached to an aromatic ring is 2. The van der Waals surface area contributed by atoms with Gasteiger partial charge in [0.05, 0.1) is 24.2 Å². The largest absolute Gasteiger partial charge is 0.495 e. The Morgan fingerprint density at radius 2 is 1.70 bits per heavy atom. The maximum Gasteiger partial charge on any atom is 0.142 e. The summed E-state index contributed by atoms with van der Waals surface area (Å²) in [7, 11) is 1.72. The minimum atomic E-state index is 0.648. The smallest absolute Gasteiger partial charge is 0.142 e. The standard InChI is InChI=1S/C18H24N4O/c1-23-18-5-3-2-4-17(18)22-10-8-21(9-11-22)13-14-6-7-15(19)16(20)12-14/h2-7,12H,8-11,13,19-20H2,1H3. The van der Waals surface area contributed by atoms with E-state index in [-0.39, 0.29) is 0 Å². The number of anilines is 3. The second-order valence-corrected chi connectivity index (χ2v) is 5.90. The Morgan fingerprint density at radius 1 is 0.957 bits per heavy atom. The van der Waals surface area contributed by atoms with E-state index in [9.17, 15) is 0 Å². The minimum absolute atomic E-state index is 0.648. The van der Waals surface area contributed by atoms with Gasteiger partial charge in [-0.3, -0.25) is 4.90 Å². The lowest BCUT2D eigenvalue weighted by Gasteiger charge is -2.36. The maximum atomic E-state index is 5.89. The van der Waals surface area contributed by atoms with E-state index in [2.05, 4.69) is 28.0 Å². The average Bonchev–Trinajstić information content (AvgIpc) is 2.59. The van der Waals surface area contributed by atoms with Crippen LogP contribution >= 0.6 is 0 Å². The lowest BCUT2D eigenvalue weighted by Crippen LogP contribution is -2.46. The second-order valence-electron chi connectivity index (χ2n) is 5.90. The summed E-state index contributed by atoms with van der Waals surface area (Å²) in [6.45, 7) is 4.92. The molecule has 5 heteroatoms. The van der Waals surface area contributed by atoms with Crippen LogP contribution in [0.4, 0.5) is 17.1 Å². The van der Waals surface area contributed by atoms with E-state index < -0.39 is 0 Å². The average molecular weight is 312 g/mol. The molecule has 4 N–H and O–H groups in total. The van der Waals surface area contributed by atoms with Crippen LogP contribution in [0.3, 0.4) is 0 Å². The number of benzene rings is 2. The number of piperazine rings is 1. The molecule has 23 heavy (non-hydrogen) atoms. The summed E-state index contributed by atoms with van der Waals surface area (Å²) in [5, 5.41) is 0. The molecular formula is C18H24N4O. The van der Waals surface area contributed by atoms with Crippen molar-refractivity contribution in [1.82, 2.24) is 4.90 Å². The summed E-state index contributed by atoms with van der Waals surface area (Å²) >= 11 is 0. The molecule has 0 atom stereocenters. The van der Waals surface area contributed by atoms with Crippen molar-refractivity contribution >= 4 is 17.1 Å². The maximum absolute atomic E-state index is 5.89. The number of ether oxygens (including phenoxy) is 1. The first-order valence-electron chi connectivity index (χ1n) is 7.91. The van der Waals surface area contributed by atoms with Crippen LogP contribution in [0, 0.1) is 0 Å². The summed E-state index contributed by atoms with van der Waals surface area (Å²) in [5.41, 5.74) is 15.4. The zero-order valence-electron chi connectivity index (χ0n) is 13.5. The SMILES string of the molecule is COc1ccccc1N1CCN(Cc2ccc(N)c(N)c2)CC1. The van der Waals surface area contributed by atoms with Gasteiger partial charge in [-0.15, -0.1) is 0 Å². The molecule has 0 unspecified atom stereocenters. The highest BCUT2D eigenvalue weighted by molar-refractivity contribution is 5.64. The summed E-state index contributed by atoms with van der Waals surface area (Å²) in [5.74, 6) is 0.937. The molecule has 1 aliphatic rings. The molecule has 1 aliphatic heterocycles. The highest BCUT2D eigenvalue weighted by Crippen LogP contribution is 2.28. The molecule has 5 nitrogen and oxygen atoms in total. The van der Waals surface area contributed by atoms with Crippen molar-refractivity contribution in [3.05, 3.63) is 48.0 Å². The fourth-order valence-corrected chi connectivity index (χ4v) is 3.02. The van der Waals surface area contributed by atoms with Crippen LogP contribution in [0.2, 0.25) is 0 Å². The van der Waals surface area contributed by atoms with Gasteiger partial charge >= 0.3 is 0 Å². The molecular weight excluding hydrogens is 288 g/mol. The van der Waals surface area contributed by atoms with Crippen LogP contribution < -0.4 is 21.1 Å². The van der Waals surface area contributed by atoms with E-state index in [4.69, 9.17) is 16.2 Å². The van der Waals surface area contributed by atoms with Gasteiger partial charge in [-0.2, -0.15) is 0 Å². The van der Waals surface area contributed by atoms with E-state index in [1.54, 1.807) is 7.11 Å². The lowest BCUT2D eigenvalue weighted by molar-refractivity contribution is 0.249. The highest BCUT2D eigenvalue weighted by Gasteiger charge is 2.19. The number of methoxy groups -OCH3 is 1. The van der Waals surface area contributed by atoms with Crippen molar-refractivity contribution in [1.29, 1.82) is 0 Å². The summed E-state index contributed by atoms with van der Waals surface area (Å²) in [6.07, 6.45) is 0. The van der Waals surface area contributed by atoms with Gasteiger partial charge in [0, 0.05) is 32.7 Å². The van der Waals surface area contributed by atoms with E-state index in [1.807, 2.05) is 24.3 Å². The first-order chi connectivity index (χ1) is 11.2. The molecule has 0 aromatic heterocycles. The highest BCUT2D eigenvalue weighted by atomic mass is 16.5. The lowest BCUT2D eigenvalue weighted by atomic mass is 10.1. The van der Waals surface area contributed by atoms with Crippen LogP contribution in [0.1, 0.15) is 5.56 Å². The van der Waals surface area contributed by atoms with E-state index in [0.717, 1.165) is 38.5 Å². The second kappa shape index (κ2) is 6.79. The minimum Gasteiger partial charge on any atom is -0.495 e. The van der Waals surface area contributed by atoms with Crippen molar-refractivity contribution in [3.63, 3.8) is 0 Å². The molecule has 2 aromatic carbocycles. The molecule has 122 valence electrons. The Hall–Kier alpha value is -2.40. The van der Waals surface area contributed by atoms with Crippen LogP contribution in [-0.4, -0.2) is 38.2 Å². The molecule has 0 bridgehead atoms. The van der Waals surface area contributed by atoms with Gasteiger partial charge < -0.3 is 21.1 Å². The Morgan fingerprint density at radius 3 is 2.39 bits per heavy atom. The van der Waals surface area contributed by atoms with Gasteiger partial charge in [0.2, 0.25) is 0 Å². The zero-order valence-corrected chi connectivity index (χ0v) is 13.5.